The molecule has 0 bridgehead atoms. The second-order valence-corrected chi connectivity index (χ2v) is 7.84. The third-order valence-corrected chi connectivity index (χ3v) is 5.55. The monoisotopic (exact) mass is 417 g/mol. The van der Waals surface area contributed by atoms with Gasteiger partial charge in [0.15, 0.2) is 0 Å². The Hall–Kier alpha value is -3.45. The number of hydrogen-bond acceptors (Lipinski definition) is 5. The summed E-state index contributed by atoms with van der Waals surface area (Å²) < 4.78 is 1.56. The number of pyridine rings is 2. The second-order valence-electron chi connectivity index (χ2n) is 7.84. The van der Waals surface area contributed by atoms with Gasteiger partial charge in [-0.05, 0) is 42.4 Å². The Morgan fingerprint density at radius 3 is 2.55 bits per heavy atom. The van der Waals surface area contributed by atoms with E-state index < -0.39 is 0 Å². The number of aromatic nitrogens is 2. The van der Waals surface area contributed by atoms with E-state index in [1.54, 1.807) is 29.1 Å². The maximum Gasteiger partial charge on any atom is 0.263 e. The molecule has 7 heteroatoms. The molecule has 0 aliphatic carbocycles. The first-order valence-electron chi connectivity index (χ1n) is 10.5. The van der Waals surface area contributed by atoms with Crippen LogP contribution in [0.2, 0.25) is 0 Å². The lowest BCUT2D eigenvalue weighted by molar-refractivity contribution is 0.0949. The van der Waals surface area contributed by atoms with Crippen molar-refractivity contribution in [3.05, 3.63) is 94.0 Å². The summed E-state index contributed by atoms with van der Waals surface area (Å²) in [5.74, 6) is 0.551. The number of likely N-dealkylation sites (N-methyl/N-ethyl adjacent to an activating group) is 1. The van der Waals surface area contributed by atoms with Crippen molar-refractivity contribution in [3.63, 3.8) is 0 Å². The summed E-state index contributed by atoms with van der Waals surface area (Å²) in [4.78, 5) is 34.5. The van der Waals surface area contributed by atoms with E-state index in [0.29, 0.717) is 13.1 Å². The van der Waals surface area contributed by atoms with Gasteiger partial charge in [0.25, 0.3) is 11.5 Å². The molecule has 0 radical (unpaired) electrons. The van der Waals surface area contributed by atoms with E-state index in [4.69, 9.17) is 0 Å². The van der Waals surface area contributed by atoms with Crippen LogP contribution in [0.15, 0.2) is 71.8 Å². The zero-order valence-corrected chi connectivity index (χ0v) is 17.7. The predicted octanol–water partition coefficient (Wildman–Crippen LogP) is 1.97. The minimum absolute atomic E-state index is 0.145. The van der Waals surface area contributed by atoms with Gasteiger partial charge in [-0.2, -0.15) is 0 Å². The van der Waals surface area contributed by atoms with Crippen LogP contribution in [0.1, 0.15) is 21.5 Å². The highest BCUT2D eigenvalue weighted by Crippen LogP contribution is 2.14. The molecular formula is C24H27N5O2. The zero-order chi connectivity index (χ0) is 21.6. The average molecular weight is 418 g/mol. The van der Waals surface area contributed by atoms with Gasteiger partial charge in [-0.15, -0.1) is 0 Å². The van der Waals surface area contributed by atoms with Crippen LogP contribution in [0, 0.1) is 0 Å². The Morgan fingerprint density at radius 2 is 1.77 bits per heavy atom. The maximum atomic E-state index is 12.8. The van der Waals surface area contributed by atoms with Crippen molar-refractivity contribution in [1.29, 1.82) is 0 Å². The molecule has 160 valence electrons. The van der Waals surface area contributed by atoms with Gasteiger partial charge in [-0.25, -0.2) is 4.98 Å². The molecule has 31 heavy (non-hydrogen) atoms. The molecule has 1 saturated heterocycles. The van der Waals surface area contributed by atoms with Crippen molar-refractivity contribution in [3.8, 4) is 0 Å². The number of carbonyl (C=O) groups excluding carboxylic acids is 1. The van der Waals surface area contributed by atoms with Crippen molar-refractivity contribution >= 4 is 11.7 Å². The minimum Gasteiger partial charge on any atom is -0.354 e. The van der Waals surface area contributed by atoms with Gasteiger partial charge >= 0.3 is 0 Å². The third-order valence-electron chi connectivity index (χ3n) is 5.55. The number of nitrogens with one attached hydrogen (secondary N) is 1. The summed E-state index contributed by atoms with van der Waals surface area (Å²) in [6, 6.07) is 16.9. The maximum absolute atomic E-state index is 12.8. The molecule has 7 nitrogen and oxygen atoms in total. The van der Waals surface area contributed by atoms with Crippen molar-refractivity contribution < 1.29 is 4.79 Å². The Kier molecular flexibility index (Phi) is 6.43. The highest BCUT2D eigenvalue weighted by molar-refractivity contribution is 5.93. The number of nitrogens with zero attached hydrogens (tertiary/aromatic N) is 4. The molecule has 3 aromatic rings. The topological polar surface area (TPSA) is 70.5 Å². The van der Waals surface area contributed by atoms with Gasteiger partial charge in [0.1, 0.15) is 11.4 Å². The van der Waals surface area contributed by atoms with Crippen LogP contribution in [-0.2, 0) is 13.1 Å². The molecule has 1 fully saturated rings. The Balaban J connectivity index is 1.42. The van der Waals surface area contributed by atoms with Gasteiger partial charge in [0.2, 0.25) is 0 Å². The molecule has 1 aromatic carbocycles. The van der Waals surface area contributed by atoms with Gasteiger partial charge in [0, 0.05) is 45.1 Å². The molecule has 1 aliphatic heterocycles. The number of benzene rings is 1. The van der Waals surface area contributed by atoms with E-state index >= 15 is 0 Å². The van der Waals surface area contributed by atoms with Crippen LogP contribution < -0.4 is 15.8 Å². The fraction of sp³-hybridized carbons (Fsp3) is 0.292. The Morgan fingerprint density at radius 1 is 1.00 bits per heavy atom. The number of hydrogen-bond donors (Lipinski definition) is 1. The molecule has 1 amide bonds. The predicted molar refractivity (Wildman–Crippen MR) is 121 cm³/mol. The summed E-state index contributed by atoms with van der Waals surface area (Å²) in [7, 11) is 2.12. The molecule has 0 spiro atoms. The first kappa shape index (κ1) is 20.8. The summed E-state index contributed by atoms with van der Waals surface area (Å²) in [5.41, 5.74) is 1.82. The SMILES string of the molecule is CN1CCN(c2cc(CNC(=O)c3cccn(Cc4ccccc4)c3=O)ccn2)CC1. The molecule has 2 aromatic heterocycles. The third kappa shape index (κ3) is 5.19. The Labute approximate surface area is 182 Å². The van der Waals surface area contributed by atoms with Gasteiger partial charge < -0.3 is 19.7 Å². The molecule has 1 N–H and O–H groups in total. The normalized spacial score (nSPS) is 14.4. The van der Waals surface area contributed by atoms with Crippen LogP contribution in [-0.4, -0.2) is 53.6 Å². The minimum atomic E-state index is -0.370. The van der Waals surface area contributed by atoms with Crippen molar-refractivity contribution in [1.82, 2.24) is 19.8 Å². The van der Waals surface area contributed by atoms with Crippen molar-refractivity contribution in [2.24, 2.45) is 0 Å². The van der Waals surface area contributed by atoms with E-state index in [-0.39, 0.29) is 17.0 Å². The standard InChI is InChI=1S/C24H27N5O2/c1-27-12-14-28(15-13-27)22-16-20(9-10-25-22)17-26-23(30)21-8-5-11-29(24(21)31)18-19-6-3-2-4-7-19/h2-11,16H,12-15,17-18H2,1H3,(H,26,30). The fourth-order valence-corrected chi connectivity index (χ4v) is 3.67. The van der Waals surface area contributed by atoms with Crippen LogP contribution in [0.5, 0.6) is 0 Å². The van der Waals surface area contributed by atoms with E-state index in [2.05, 4.69) is 27.1 Å². The summed E-state index contributed by atoms with van der Waals surface area (Å²) in [6.45, 7) is 4.65. The first-order chi connectivity index (χ1) is 15.1. The van der Waals surface area contributed by atoms with Crippen LogP contribution in [0.25, 0.3) is 0 Å². The Bertz CT molecular complexity index is 1090. The van der Waals surface area contributed by atoms with Crippen LogP contribution in [0.3, 0.4) is 0 Å². The van der Waals surface area contributed by atoms with E-state index in [9.17, 15) is 9.59 Å². The van der Waals surface area contributed by atoms with Gasteiger partial charge in [-0.3, -0.25) is 9.59 Å². The molecular weight excluding hydrogens is 390 g/mol. The lowest BCUT2D eigenvalue weighted by Gasteiger charge is -2.33. The second kappa shape index (κ2) is 9.57. The van der Waals surface area contributed by atoms with Crippen molar-refractivity contribution in [2.75, 3.05) is 38.1 Å². The molecule has 1 aliphatic rings. The summed E-state index contributed by atoms with van der Waals surface area (Å²) in [6.07, 6.45) is 3.47. The first-order valence-corrected chi connectivity index (χ1v) is 10.5. The smallest absolute Gasteiger partial charge is 0.263 e. The fourth-order valence-electron chi connectivity index (χ4n) is 3.67. The summed E-state index contributed by atoms with van der Waals surface area (Å²) >= 11 is 0. The van der Waals surface area contributed by atoms with E-state index in [1.807, 2.05) is 42.5 Å². The highest BCUT2D eigenvalue weighted by Gasteiger charge is 2.16. The van der Waals surface area contributed by atoms with Crippen LogP contribution >= 0.6 is 0 Å². The number of amides is 1. The van der Waals surface area contributed by atoms with Crippen LogP contribution in [0.4, 0.5) is 5.82 Å². The largest absolute Gasteiger partial charge is 0.354 e. The molecule has 0 atom stereocenters. The number of piperazine rings is 1. The lowest BCUT2D eigenvalue weighted by atomic mass is 10.2. The van der Waals surface area contributed by atoms with Crippen molar-refractivity contribution in [2.45, 2.75) is 13.1 Å². The number of carbonyl (C=O) groups is 1. The molecule has 3 heterocycles. The highest BCUT2D eigenvalue weighted by atomic mass is 16.2. The van der Waals surface area contributed by atoms with E-state index in [1.165, 1.54) is 0 Å². The molecule has 0 unspecified atom stereocenters. The zero-order valence-electron chi connectivity index (χ0n) is 17.7. The molecule has 0 saturated carbocycles. The van der Waals surface area contributed by atoms with Gasteiger partial charge in [-0.1, -0.05) is 30.3 Å². The number of rotatable bonds is 6. The quantitative estimate of drug-likeness (QED) is 0.664. The summed E-state index contributed by atoms with van der Waals surface area (Å²) in [5, 5.41) is 2.88. The average Bonchev–Trinajstić information content (AvgIpc) is 2.80. The molecule has 4 rings (SSSR count). The van der Waals surface area contributed by atoms with E-state index in [0.717, 1.165) is 43.1 Å². The lowest BCUT2D eigenvalue weighted by Crippen LogP contribution is -2.44. The van der Waals surface area contributed by atoms with Gasteiger partial charge in [0.05, 0.1) is 6.54 Å². The number of anilines is 1.